The molecule has 0 saturated heterocycles. The van der Waals surface area contributed by atoms with Gasteiger partial charge >= 0.3 is 5.97 Å². The largest absolute Gasteiger partial charge is 0.469 e. The summed E-state index contributed by atoms with van der Waals surface area (Å²) in [4.78, 5) is 15.3. The first-order chi connectivity index (χ1) is 12.1. The second kappa shape index (κ2) is 11.4. The maximum atomic E-state index is 14.0. The van der Waals surface area contributed by atoms with E-state index in [0.717, 1.165) is 50.2 Å². The average molecular weight is 477 g/mol. The molecular weight excluding hydrogens is 448 g/mol. The van der Waals surface area contributed by atoms with Crippen LogP contribution in [0.25, 0.3) is 0 Å². The number of benzene rings is 1. The van der Waals surface area contributed by atoms with E-state index in [9.17, 15) is 9.18 Å². The summed E-state index contributed by atoms with van der Waals surface area (Å²) >= 11 is 0. The number of nitrogens with zero attached hydrogens (tertiary/aromatic N) is 1. The molecule has 0 aliphatic heterocycles. The molecule has 5 nitrogen and oxygen atoms in total. The fraction of sp³-hybridized carbons (Fsp3) is 0.579. The molecule has 0 amide bonds. The topological polar surface area (TPSA) is 62.7 Å². The van der Waals surface area contributed by atoms with Gasteiger partial charge in [0.15, 0.2) is 5.96 Å². The van der Waals surface area contributed by atoms with Crippen molar-refractivity contribution in [3.05, 3.63) is 35.6 Å². The smallest absolute Gasteiger partial charge is 0.305 e. The molecule has 1 aliphatic rings. The fourth-order valence-electron chi connectivity index (χ4n) is 2.94. The summed E-state index contributed by atoms with van der Waals surface area (Å²) in [5, 5.41) is 6.58. The van der Waals surface area contributed by atoms with Crippen LogP contribution >= 0.6 is 24.0 Å². The van der Waals surface area contributed by atoms with Crippen LogP contribution in [0.15, 0.2) is 29.3 Å². The van der Waals surface area contributed by atoms with Crippen LogP contribution in [0.3, 0.4) is 0 Å². The highest BCUT2D eigenvalue weighted by molar-refractivity contribution is 14.0. The molecule has 0 atom stereocenters. The molecule has 0 aromatic heterocycles. The van der Waals surface area contributed by atoms with Crippen molar-refractivity contribution in [3.63, 3.8) is 0 Å². The third-order valence-corrected chi connectivity index (χ3v) is 4.69. The summed E-state index contributed by atoms with van der Waals surface area (Å²) in [6.45, 7) is 1.46. The number of carbonyl (C=O) groups excluding carboxylic acids is 1. The first kappa shape index (κ1) is 22.7. The molecule has 1 saturated carbocycles. The predicted octanol–water partition coefficient (Wildman–Crippen LogP) is 3.37. The van der Waals surface area contributed by atoms with Gasteiger partial charge in [0.2, 0.25) is 0 Å². The van der Waals surface area contributed by atoms with Gasteiger partial charge in [-0.15, -0.1) is 24.0 Å². The highest BCUT2D eigenvalue weighted by Crippen LogP contribution is 2.48. The van der Waals surface area contributed by atoms with Gasteiger partial charge in [-0.25, -0.2) is 4.39 Å². The molecule has 1 aromatic rings. The van der Waals surface area contributed by atoms with Gasteiger partial charge in [-0.3, -0.25) is 9.79 Å². The number of rotatable bonds is 9. The number of hydrogen-bond acceptors (Lipinski definition) is 3. The lowest BCUT2D eigenvalue weighted by Gasteiger charge is -2.19. The minimum absolute atomic E-state index is 0. The number of carbonyl (C=O) groups is 1. The molecule has 0 spiro atoms. The molecule has 0 heterocycles. The van der Waals surface area contributed by atoms with Crippen molar-refractivity contribution in [2.45, 2.75) is 43.9 Å². The van der Waals surface area contributed by atoms with Crippen LogP contribution in [0, 0.1) is 5.82 Å². The van der Waals surface area contributed by atoms with Gasteiger partial charge in [-0.2, -0.15) is 0 Å². The van der Waals surface area contributed by atoms with Gasteiger partial charge in [-0.05, 0) is 37.3 Å². The van der Waals surface area contributed by atoms with Crippen molar-refractivity contribution >= 4 is 35.9 Å². The Morgan fingerprint density at radius 3 is 2.58 bits per heavy atom. The van der Waals surface area contributed by atoms with Crippen LogP contribution in [-0.2, 0) is 14.9 Å². The molecule has 0 radical (unpaired) electrons. The molecule has 26 heavy (non-hydrogen) atoms. The molecule has 146 valence electrons. The van der Waals surface area contributed by atoms with Gasteiger partial charge in [0.25, 0.3) is 0 Å². The Hall–Kier alpha value is -1.38. The molecule has 7 heteroatoms. The molecule has 0 bridgehead atoms. The monoisotopic (exact) mass is 477 g/mol. The van der Waals surface area contributed by atoms with E-state index in [2.05, 4.69) is 20.4 Å². The average Bonchev–Trinajstić information content (AvgIpc) is 3.41. The Balaban J connectivity index is 0.00000338. The van der Waals surface area contributed by atoms with Crippen molar-refractivity contribution in [2.24, 2.45) is 4.99 Å². The predicted molar refractivity (Wildman–Crippen MR) is 113 cm³/mol. The zero-order valence-electron chi connectivity index (χ0n) is 15.5. The van der Waals surface area contributed by atoms with E-state index < -0.39 is 0 Å². The standard InChI is InChI=1S/C19H28FN3O2.HI/c1-21-18(22-13-7-3-4-10-17(24)25-2)23-14-19(11-12-19)15-8-5-6-9-16(15)20;/h5-6,8-9H,3-4,7,10-14H2,1-2H3,(H2,21,22,23);1H. The summed E-state index contributed by atoms with van der Waals surface area (Å²) in [7, 11) is 3.14. The Morgan fingerprint density at radius 2 is 1.96 bits per heavy atom. The van der Waals surface area contributed by atoms with Gasteiger partial charge in [0.1, 0.15) is 5.82 Å². The van der Waals surface area contributed by atoms with Crippen molar-refractivity contribution in [2.75, 3.05) is 27.2 Å². The number of halogens is 2. The Morgan fingerprint density at radius 1 is 1.23 bits per heavy atom. The number of methoxy groups -OCH3 is 1. The van der Waals surface area contributed by atoms with Gasteiger partial charge in [0, 0.05) is 32.0 Å². The maximum absolute atomic E-state index is 14.0. The molecule has 1 aromatic carbocycles. The van der Waals surface area contributed by atoms with E-state index in [1.807, 2.05) is 12.1 Å². The lowest BCUT2D eigenvalue weighted by Crippen LogP contribution is -2.41. The number of hydrogen-bond donors (Lipinski definition) is 2. The SMILES string of the molecule is CN=C(NCCCCCC(=O)OC)NCC1(c2ccccc2F)CC1.I. The normalized spacial score (nSPS) is 15.0. The first-order valence-electron chi connectivity index (χ1n) is 8.87. The Bertz CT molecular complexity index is 606. The van der Waals surface area contributed by atoms with E-state index in [0.29, 0.717) is 13.0 Å². The molecular formula is C19H29FIN3O2. The van der Waals surface area contributed by atoms with Gasteiger partial charge < -0.3 is 15.4 Å². The summed E-state index contributed by atoms with van der Waals surface area (Å²) in [6, 6.07) is 7.02. The van der Waals surface area contributed by atoms with Crippen LogP contribution in [0.4, 0.5) is 4.39 Å². The van der Waals surface area contributed by atoms with E-state index >= 15 is 0 Å². The van der Waals surface area contributed by atoms with Crippen molar-refractivity contribution in [1.82, 2.24) is 10.6 Å². The third kappa shape index (κ3) is 6.74. The third-order valence-electron chi connectivity index (χ3n) is 4.69. The highest BCUT2D eigenvalue weighted by Gasteiger charge is 2.45. The Labute approximate surface area is 172 Å². The van der Waals surface area contributed by atoms with Gasteiger partial charge in [0.05, 0.1) is 7.11 Å². The zero-order valence-corrected chi connectivity index (χ0v) is 17.8. The second-order valence-electron chi connectivity index (χ2n) is 6.50. The molecule has 2 rings (SSSR count). The van der Waals surface area contributed by atoms with Crippen LogP contribution in [0.2, 0.25) is 0 Å². The van der Waals surface area contributed by atoms with Crippen LogP contribution in [0.1, 0.15) is 44.1 Å². The van der Waals surface area contributed by atoms with Crippen LogP contribution in [0.5, 0.6) is 0 Å². The number of aliphatic imine (C=N–C) groups is 1. The lowest BCUT2D eigenvalue weighted by molar-refractivity contribution is -0.140. The number of esters is 1. The first-order valence-corrected chi connectivity index (χ1v) is 8.87. The summed E-state index contributed by atoms with van der Waals surface area (Å²) in [6.07, 6.45) is 5.19. The second-order valence-corrected chi connectivity index (χ2v) is 6.50. The van der Waals surface area contributed by atoms with E-state index in [1.54, 1.807) is 13.1 Å². The number of unbranched alkanes of at least 4 members (excludes halogenated alkanes) is 2. The van der Waals surface area contributed by atoms with E-state index in [1.165, 1.54) is 13.2 Å². The minimum Gasteiger partial charge on any atom is -0.469 e. The summed E-state index contributed by atoms with van der Waals surface area (Å²) in [5.41, 5.74) is 0.685. The van der Waals surface area contributed by atoms with Crippen LogP contribution < -0.4 is 10.6 Å². The fourth-order valence-corrected chi connectivity index (χ4v) is 2.94. The molecule has 0 unspecified atom stereocenters. The van der Waals surface area contributed by atoms with Gasteiger partial charge in [-0.1, -0.05) is 24.6 Å². The number of ether oxygens (including phenoxy) is 1. The zero-order chi connectivity index (χ0) is 18.1. The summed E-state index contributed by atoms with van der Waals surface area (Å²) < 4.78 is 18.6. The van der Waals surface area contributed by atoms with E-state index in [4.69, 9.17) is 0 Å². The number of guanidine groups is 1. The van der Waals surface area contributed by atoms with Crippen LogP contribution in [-0.4, -0.2) is 39.2 Å². The molecule has 1 fully saturated rings. The highest BCUT2D eigenvalue weighted by atomic mass is 127. The summed E-state index contributed by atoms with van der Waals surface area (Å²) in [5.74, 6) is 0.444. The lowest BCUT2D eigenvalue weighted by atomic mass is 9.95. The quantitative estimate of drug-likeness (QED) is 0.188. The molecule has 2 N–H and O–H groups in total. The molecule has 1 aliphatic carbocycles. The minimum atomic E-state index is -0.159. The Kier molecular flexibility index (Phi) is 9.90. The van der Waals surface area contributed by atoms with Crippen molar-refractivity contribution in [1.29, 1.82) is 0 Å². The number of nitrogens with one attached hydrogen (secondary N) is 2. The van der Waals surface area contributed by atoms with E-state index in [-0.39, 0.29) is 41.2 Å². The van der Waals surface area contributed by atoms with Crippen molar-refractivity contribution in [3.8, 4) is 0 Å². The van der Waals surface area contributed by atoms with Crippen molar-refractivity contribution < 1.29 is 13.9 Å². The maximum Gasteiger partial charge on any atom is 0.305 e.